The van der Waals surface area contributed by atoms with Gasteiger partial charge in [0.25, 0.3) is 5.91 Å². The van der Waals surface area contributed by atoms with Crippen molar-refractivity contribution in [3.8, 4) is 0 Å². The second-order valence-corrected chi connectivity index (χ2v) is 7.15. The normalized spacial score (nSPS) is 21.7. The Morgan fingerprint density at radius 3 is 2.68 bits per heavy atom. The molecule has 1 N–H and O–H groups in total. The van der Waals surface area contributed by atoms with E-state index in [1.54, 1.807) is 16.2 Å². The zero-order valence-corrected chi connectivity index (χ0v) is 13.5. The molecule has 0 aliphatic carbocycles. The van der Waals surface area contributed by atoms with Crippen molar-refractivity contribution in [1.82, 2.24) is 4.90 Å². The highest BCUT2D eigenvalue weighted by molar-refractivity contribution is 7.17. The summed E-state index contributed by atoms with van der Waals surface area (Å²) < 4.78 is 1.08. The van der Waals surface area contributed by atoms with Crippen molar-refractivity contribution < 1.29 is 14.7 Å². The van der Waals surface area contributed by atoms with Gasteiger partial charge in [0.2, 0.25) is 0 Å². The summed E-state index contributed by atoms with van der Waals surface area (Å²) in [5, 5.41) is 12.4. The molecule has 1 atom stereocenters. The molecular weight excluding hydrogens is 298 g/mol. The lowest BCUT2D eigenvalue weighted by molar-refractivity contribution is -0.150. The molecule has 4 nitrogen and oxygen atoms in total. The SMILES string of the molecule is CC(C)C1(C(=O)O)CCN(C(=O)c2csc3ccccc23)C1. The highest BCUT2D eigenvalue weighted by Gasteiger charge is 2.48. The van der Waals surface area contributed by atoms with Crippen molar-refractivity contribution >= 4 is 33.3 Å². The fraction of sp³-hybridized carbons (Fsp3) is 0.412. The maximum Gasteiger partial charge on any atom is 0.311 e. The summed E-state index contributed by atoms with van der Waals surface area (Å²) in [5.74, 6) is -0.851. The molecule has 5 heteroatoms. The number of carbonyl (C=O) groups excluding carboxylic acids is 1. The van der Waals surface area contributed by atoms with Gasteiger partial charge in [0.05, 0.1) is 11.0 Å². The van der Waals surface area contributed by atoms with E-state index in [2.05, 4.69) is 0 Å². The summed E-state index contributed by atoms with van der Waals surface area (Å²) in [6, 6.07) is 7.82. The van der Waals surface area contributed by atoms with Gasteiger partial charge in [-0.3, -0.25) is 9.59 Å². The Labute approximate surface area is 133 Å². The highest BCUT2D eigenvalue weighted by Crippen LogP contribution is 2.39. The van der Waals surface area contributed by atoms with Crippen LogP contribution in [0.1, 0.15) is 30.6 Å². The molecular formula is C17H19NO3S. The van der Waals surface area contributed by atoms with Gasteiger partial charge >= 0.3 is 5.97 Å². The van der Waals surface area contributed by atoms with Crippen LogP contribution >= 0.6 is 11.3 Å². The van der Waals surface area contributed by atoms with Crippen molar-refractivity contribution in [3.63, 3.8) is 0 Å². The molecule has 1 aliphatic rings. The molecule has 1 aromatic heterocycles. The first-order chi connectivity index (χ1) is 10.5. The van der Waals surface area contributed by atoms with Gasteiger partial charge in [-0.25, -0.2) is 0 Å². The van der Waals surface area contributed by atoms with Crippen molar-refractivity contribution in [3.05, 3.63) is 35.2 Å². The van der Waals surface area contributed by atoms with Crippen molar-refractivity contribution in [2.24, 2.45) is 11.3 Å². The Kier molecular flexibility index (Phi) is 3.68. The number of carboxylic acids is 1. The number of carboxylic acid groups (broad SMARTS) is 1. The van der Waals surface area contributed by atoms with E-state index in [9.17, 15) is 14.7 Å². The lowest BCUT2D eigenvalue weighted by Gasteiger charge is -2.28. The van der Waals surface area contributed by atoms with E-state index >= 15 is 0 Å². The summed E-state index contributed by atoms with van der Waals surface area (Å²) in [6.07, 6.45) is 0.522. The smallest absolute Gasteiger partial charge is 0.311 e. The largest absolute Gasteiger partial charge is 0.481 e. The second kappa shape index (κ2) is 5.39. The highest BCUT2D eigenvalue weighted by atomic mass is 32.1. The number of aliphatic carboxylic acids is 1. The van der Waals surface area contributed by atoms with Crippen LogP contribution in [0, 0.1) is 11.3 Å². The Morgan fingerprint density at radius 2 is 2.05 bits per heavy atom. The molecule has 1 aliphatic heterocycles. The topological polar surface area (TPSA) is 57.6 Å². The van der Waals surface area contributed by atoms with Gasteiger partial charge in [-0.1, -0.05) is 32.0 Å². The van der Waals surface area contributed by atoms with Crippen LogP contribution in [0.2, 0.25) is 0 Å². The fourth-order valence-corrected chi connectivity index (χ4v) is 4.15. The van der Waals surface area contributed by atoms with E-state index in [1.165, 1.54) is 0 Å². The third-order valence-corrected chi connectivity index (χ3v) is 5.79. The maximum atomic E-state index is 12.8. The van der Waals surface area contributed by atoms with Crippen LogP contribution in [0.4, 0.5) is 0 Å². The molecule has 1 amide bonds. The first kappa shape index (κ1) is 15.0. The summed E-state index contributed by atoms with van der Waals surface area (Å²) in [6.45, 7) is 4.64. The first-order valence-electron chi connectivity index (χ1n) is 7.44. The van der Waals surface area contributed by atoms with Crippen LogP contribution in [-0.2, 0) is 4.79 Å². The van der Waals surface area contributed by atoms with E-state index in [1.807, 2.05) is 43.5 Å². The Balaban J connectivity index is 1.90. The molecule has 1 aromatic carbocycles. The minimum atomic E-state index is -0.818. The molecule has 1 fully saturated rings. The number of rotatable bonds is 3. The van der Waals surface area contributed by atoms with E-state index in [0.29, 0.717) is 25.1 Å². The summed E-state index contributed by atoms with van der Waals surface area (Å²) >= 11 is 1.55. The molecule has 1 saturated heterocycles. The molecule has 3 rings (SSSR count). The molecule has 2 aromatic rings. The van der Waals surface area contributed by atoms with Gasteiger partial charge in [-0.2, -0.15) is 0 Å². The number of nitrogens with zero attached hydrogens (tertiary/aromatic N) is 1. The lowest BCUT2D eigenvalue weighted by atomic mass is 9.76. The predicted octanol–water partition coefficient (Wildman–Crippen LogP) is 3.47. The van der Waals surface area contributed by atoms with E-state index in [0.717, 1.165) is 10.1 Å². The number of amides is 1. The molecule has 0 saturated carbocycles. The quantitative estimate of drug-likeness (QED) is 0.943. The molecule has 2 heterocycles. The van der Waals surface area contributed by atoms with Crippen LogP contribution < -0.4 is 0 Å². The van der Waals surface area contributed by atoms with Gasteiger partial charge in [-0.05, 0) is 18.4 Å². The fourth-order valence-electron chi connectivity index (χ4n) is 3.21. The average Bonchev–Trinajstić information content (AvgIpc) is 3.12. The van der Waals surface area contributed by atoms with E-state index in [4.69, 9.17) is 0 Å². The molecule has 116 valence electrons. The van der Waals surface area contributed by atoms with Crippen molar-refractivity contribution in [1.29, 1.82) is 0 Å². The molecule has 1 unspecified atom stereocenters. The predicted molar refractivity (Wildman–Crippen MR) is 87.3 cm³/mol. The van der Waals surface area contributed by atoms with Gasteiger partial charge in [-0.15, -0.1) is 11.3 Å². The Morgan fingerprint density at radius 1 is 1.32 bits per heavy atom. The van der Waals surface area contributed by atoms with E-state index < -0.39 is 11.4 Å². The summed E-state index contributed by atoms with van der Waals surface area (Å²) in [5.41, 5.74) is -0.132. The Bertz CT molecular complexity index is 736. The van der Waals surface area contributed by atoms with Gasteiger partial charge in [0.1, 0.15) is 0 Å². The van der Waals surface area contributed by atoms with Gasteiger partial charge in [0, 0.05) is 28.6 Å². The monoisotopic (exact) mass is 317 g/mol. The van der Waals surface area contributed by atoms with Gasteiger partial charge < -0.3 is 10.0 Å². The zero-order valence-electron chi connectivity index (χ0n) is 12.7. The first-order valence-corrected chi connectivity index (χ1v) is 8.32. The second-order valence-electron chi connectivity index (χ2n) is 6.24. The number of hydrogen-bond acceptors (Lipinski definition) is 3. The number of fused-ring (bicyclic) bond motifs is 1. The lowest BCUT2D eigenvalue weighted by Crippen LogP contribution is -2.40. The van der Waals surface area contributed by atoms with Gasteiger partial charge in [0.15, 0.2) is 0 Å². The average molecular weight is 317 g/mol. The third-order valence-electron chi connectivity index (χ3n) is 4.83. The number of benzene rings is 1. The number of likely N-dealkylation sites (tertiary alicyclic amines) is 1. The van der Waals surface area contributed by atoms with Crippen LogP contribution in [0.3, 0.4) is 0 Å². The van der Waals surface area contributed by atoms with Crippen LogP contribution in [0.5, 0.6) is 0 Å². The standard InChI is InChI=1S/C17H19NO3S/c1-11(2)17(16(20)21)7-8-18(10-17)15(19)13-9-22-14-6-4-3-5-12(13)14/h3-6,9,11H,7-8,10H2,1-2H3,(H,20,21). The number of carbonyl (C=O) groups is 2. The summed E-state index contributed by atoms with van der Waals surface area (Å²) in [4.78, 5) is 26.2. The number of thiophene rings is 1. The van der Waals surface area contributed by atoms with Crippen molar-refractivity contribution in [2.45, 2.75) is 20.3 Å². The van der Waals surface area contributed by atoms with Crippen molar-refractivity contribution in [2.75, 3.05) is 13.1 Å². The zero-order chi connectivity index (χ0) is 15.9. The molecule has 0 spiro atoms. The number of hydrogen-bond donors (Lipinski definition) is 1. The Hall–Kier alpha value is -1.88. The van der Waals surface area contributed by atoms with Crippen LogP contribution in [0.15, 0.2) is 29.6 Å². The van der Waals surface area contributed by atoms with Crippen LogP contribution in [0.25, 0.3) is 10.1 Å². The van der Waals surface area contributed by atoms with E-state index in [-0.39, 0.29) is 11.8 Å². The van der Waals surface area contributed by atoms with Crippen LogP contribution in [-0.4, -0.2) is 35.0 Å². The third kappa shape index (κ3) is 2.20. The molecule has 0 bridgehead atoms. The maximum absolute atomic E-state index is 12.8. The molecule has 0 radical (unpaired) electrons. The summed E-state index contributed by atoms with van der Waals surface area (Å²) in [7, 11) is 0. The minimum absolute atomic E-state index is 0.00187. The minimum Gasteiger partial charge on any atom is -0.481 e. The molecule has 22 heavy (non-hydrogen) atoms.